The van der Waals surface area contributed by atoms with Gasteiger partial charge in [-0.2, -0.15) is 0 Å². The summed E-state index contributed by atoms with van der Waals surface area (Å²) in [6.07, 6.45) is 6.03. The molecule has 4 atom stereocenters. The fourth-order valence-electron chi connectivity index (χ4n) is 4.37. The van der Waals surface area contributed by atoms with E-state index in [0.29, 0.717) is 11.4 Å². The van der Waals surface area contributed by atoms with E-state index in [1.54, 1.807) is 24.3 Å². The summed E-state index contributed by atoms with van der Waals surface area (Å²) in [5.74, 6) is -0.572. The first-order valence-corrected chi connectivity index (χ1v) is 8.56. The van der Waals surface area contributed by atoms with Gasteiger partial charge in [0.05, 0.1) is 24.6 Å². The topological polar surface area (TPSA) is 75.7 Å². The van der Waals surface area contributed by atoms with E-state index in [9.17, 15) is 14.4 Å². The molecule has 4 aliphatic rings. The second kappa shape index (κ2) is 6.02. The fraction of sp³-hybridized carbons (Fsp3) is 0.421. The molecule has 1 heterocycles. The number of anilines is 1. The Labute approximate surface area is 145 Å². The van der Waals surface area contributed by atoms with Crippen molar-refractivity contribution in [2.24, 2.45) is 23.7 Å². The highest BCUT2D eigenvalue weighted by Gasteiger charge is 2.56. The summed E-state index contributed by atoms with van der Waals surface area (Å²) in [7, 11) is 1.52. The van der Waals surface area contributed by atoms with Gasteiger partial charge >= 0.3 is 0 Å². The monoisotopic (exact) mass is 340 g/mol. The quantitative estimate of drug-likeness (QED) is 0.670. The van der Waals surface area contributed by atoms with Crippen LogP contribution in [0.25, 0.3) is 0 Å². The minimum absolute atomic E-state index is 0.133. The highest BCUT2D eigenvalue weighted by molar-refractivity contribution is 6.09. The predicted molar refractivity (Wildman–Crippen MR) is 90.7 cm³/mol. The smallest absolute Gasteiger partial charge is 0.244 e. The third-order valence-corrected chi connectivity index (χ3v) is 5.53. The molecular formula is C19H20N2O4. The Balaban J connectivity index is 1.49. The number of benzene rings is 1. The Morgan fingerprint density at radius 2 is 1.72 bits per heavy atom. The number of imide groups is 1. The molecule has 2 bridgehead atoms. The minimum Gasteiger partial charge on any atom is -0.495 e. The Bertz CT molecular complexity index is 740. The molecule has 5 rings (SSSR count). The van der Waals surface area contributed by atoms with Gasteiger partial charge in [0, 0.05) is 0 Å². The van der Waals surface area contributed by atoms with Crippen molar-refractivity contribution in [3.05, 3.63) is 36.4 Å². The number of allylic oxidation sites excluding steroid dienone is 2. The first-order valence-electron chi connectivity index (χ1n) is 8.56. The number of hydrogen-bond donors (Lipinski definition) is 1. The summed E-state index contributed by atoms with van der Waals surface area (Å²) < 4.78 is 5.20. The molecule has 0 aromatic heterocycles. The lowest BCUT2D eigenvalue weighted by Crippen LogP contribution is -2.38. The third-order valence-electron chi connectivity index (χ3n) is 5.53. The summed E-state index contributed by atoms with van der Waals surface area (Å²) in [4.78, 5) is 39.0. The van der Waals surface area contributed by atoms with Gasteiger partial charge in [0.15, 0.2) is 0 Å². The van der Waals surface area contributed by atoms with Crippen LogP contribution in [-0.4, -0.2) is 36.3 Å². The maximum absolute atomic E-state index is 12.7. The maximum atomic E-state index is 12.7. The molecule has 3 amide bonds. The van der Waals surface area contributed by atoms with E-state index in [1.165, 1.54) is 7.11 Å². The molecule has 1 aromatic rings. The number of fused-ring (bicyclic) bond motifs is 1. The molecule has 1 aliphatic heterocycles. The summed E-state index contributed by atoms with van der Waals surface area (Å²) in [6, 6.07) is 7.03. The van der Waals surface area contributed by atoms with Gasteiger partial charge in [0.2, 0.25) is 17.7 Å². The second-order valence-corrected chi connectivity index (χ2v) is 6.85. The highest BCUT2D eigenvalue weighted by atomic mass is 16.5. The first-order chi connectivity index (χ1) is 12.1. The van der Waals surface area contributed by atoms with Crippen LogP contribution in [0.15, 0.2) is 36.4 Å². The second-order valence-electron chi connectivity index (χ2n) is 6.85. The molecule has 1 N–H and O–H groups in total. The van der Waals surface area contributed by atoms with Gasteiger partial charge in [-0.05, 0) is 36.8 Å². The molecular weight excluding hydrogens is 320 g/mol. The molecule has 0 spiro atoms. The van der Waals surface area contributed by atoms with E-state index in [0.717, 1.165) is 17.7 Å². The molecule has 1 saturated carbocycles. The van der Waals surface area contributed by atoms with Gasteiger partial charge in [0.1, 0.15) is 12.3 Å². The fourth-order valence-corrected chi connectivity index (χ4v) is 4.37. The molecule has 0 radical (unpaired) electrons. The van der Waals surface area contributed by atoms with Crippen LogP contribution in [0, 0.1) is 23.7 Å². The van der Waals surface area contributed by atoms with Crippen molar-refractivity contribution in [2.45, 2.75) is 12.8 Å². The lowest BCUT2D eigenvalue weighted by atomic mass is 9.63. The van der Waals surface area contributed by atoms with Gasteiger partial charge in [-0.1, -0.05) is 24.3 Å². The van der Waals surface area contributed by atoms with Crippen LogP contribution in [0.5, 0.6) is 5.75 Å². The summed E-state index contributed by atoms with van der Waals surface area (Å²) in [6.45, 7) is -0.248. The zero-order valence-electron chi connectivity index (χ0n) is 14.0. The minimum atomic E-state index is -0.398. The average molecular weight is 340 g/mol. The number of rotatable bonds is 4. The van der Waals surface area contributed by atoms with E-state index in [-0.39, 0.29) is 42.0 Å². The number of para-hydroxylation sites is 2. The molecule has 1 aromatic carbocycles. The number of amides is 3. The number of carbonyl (C=O) groups is 3. The summed E-state index contributed by atoms with van der Waals surface area (Å²) >= 11 is 0. The van der Waals surface area contributed by atoms with Crippen molar-refractivity contribution in [3.8, 4) is 5.75 Å². The molecule has 6 heteroatoms. The van der Waals surface area contributed by atoms with Crippen LogP contribution < -0.4 is 10.1 Å². The largest absolute Gasteiger partial charge is 0.495 e. The lowest BCUT2D eigenvalue weighted by Gasteiger charge is -2.38. The van der Waals surface area contributed by atoms with Gasteiger partial charge in [0.25, 0.3) is 0 Å². The average Bonchev–Trinajstić information content (AvgIpc) is 2.90. The normalized spacial score (nSPS) is 29.7. The van der Waals surface area contributed by atoms with E-state index in [1.807, 2.05) is 0 Å². The van der Waals surface area contributed by atoms with E-state index < -0.39 is 5.91 Å². The molecule has 2 fully saturated rings. The Kier molecular flexibility index (Phi) is 3.82. The van der Waals surface area contributed by atoms with E-state index in [2.05, 4.69) is 17.5 Å². The highest BCUT2D eigenvalue weighted by Crippen LogP contribution is 2.49. The van der Waals surface area contributed by atoms with Crippen molar-refractivity contribution in [3.63, 3.8) is 0 Å². The molecule has 1 saturated heterocycles. The Hall–Kier alpha value is -2.63. The van der Waals surface area contributed by atoms with Crippen LogP contribution in [0.1, 0.15) is 12.8 Å². The van der Waals surface area contributed by atoms with Gasteiger partial charge in [-0.3, -0.25) is 19.3 Å². The number of methoxy groups -OCH3 is 1. The van der Waals surface area contributed by atoms with E-state index in [4.69, 9.17) is 4.74 Å². The summed E-state index contributed by atoms with van der Waals surface area (Å²) in [5.41, 5.74) is 0.522. The van der Waals surface area contributed by atoms with Crippen LogP contribution in [0.3, 0.4) is 0 Å². The van der Waals surface area contributed by atoms with Crippen LogP contribution >= 0.6 is 0 Å². The van der Waals surface area contributed by atoms with E-state index >= 15 is 0 Å². The van der Waals surface area contributed by atoms with Crippen molar-refractivity contribution in [1.82, 2.24) is 4.90 Å². The molecule has 25 heavy (non-hydrogen) atoms. The number of ether oxygens (including phenoxy) is 1. The van der Waals surface area contributed by atoms with Gasteiger partial charge in [-0.25, -0.2) is 0 Å². The van der Waals surface area contributed by atoms with Crippen LogP contribution in [-0.2, 0) is 14.4 Å². The number of carbonyl (C=O) groups excluding carboxylic acids is 3. The molecule has 3 aliphatic carbocycles. The van der Waals surface area contributed by atoms with Gasteiger partial charge < -0.3 is 10.1 Å². The first kappa shape index (κ1) is 15.9. The van der Waals surface area contributed by atoms with Crippen molar-refractivity contribution < 1.29 is 19.1 Å². The third kappa shape index (κ3) is 2.52. The van der Waals surface area contributed by atoms with Crippen molar-refractivity contribution in [1.29, 1.82) is 0 Å². The van der Waals surface area contributed by atoms with Crippen molar-refractivity contribution in [2.75, 3.05) is 19.0 Å². The lowest BCUT2D eigenvalue weighted by molar-refractivity contribution is -0.142. The summed E-state index contributed by atoms with van der Waals surface area (Å²) in [5, 5.41) is 2.72. The predicted octanol–water partition coefficient (Wildman–Crippen LogP) is 1.83. The zero-order chi connectivity index (χ0) is 17.6. The number of nitrogens with zero attached hydrogens (tertiary/aromatic N) is 1. The standard InChI is InChI=1S/C19H20N2O4/c1-25-14-5-3-2-4-13(14)20-15(22)10-21-18(23)16-11-6-7-12(9-8-11)17(16)19(21)24/h2-7,11-12,16-17H,8-10H2,1H3,(H,20,22). The zero-order valence-corrected chi connectivity index (χ0v) is 14.0. The molecule has 4 unspecified atom stereocenters. The van der Waals surface area contributed by atoms with Gasteiger partial charge in [-0.15, -0.1) is 0 Å². The SMILES string of the molecule is COc1ccccc1NC(=O)CN1C(=O)C2C3C=CC(CC3)C2C1=O. The van der Waals surface area contributed by atoms with Crippen molar-refractivity contribution >= 4 is 23.4 Å². The van der Waals surface area contributed by atoms with Crippen LogP contribution in [0.2, 0.25) is 0 Å². The molecule has 130 valence electrons. The number of nitrogens with one attached hydrogen (secondary N) is 1. The maximum Gasteiger partial charge on any atom is 0.244 e. The Morgan fingerprint density at radius 3 is 2.28 bits per heavy atom. The van der Waals surface area contributed by atoms with Crippen LogP contribution in [0.4, 0.5) is 5.69 Å². The number of likely N-dealkylation sites (tertiary alicyclic amines) is 1. The Morgan fingerprint density at radius 1 is 1.12 bits per heavy atom. The number of hydrogen-bond acceptors (Lipinski definition) is 4. The molecule has 6 nitrogen and oxygen atoms in total.